The van der Waals surface area contributed by atoms with Crippen molar-refractivity contribution in [2.75, 3.05) is 11.9 Å². The molecule has 0 aliphatic carbocycles. The van der Waals surface area contributed by atoms with Crippen molar-refractivity contribution in [3.63, 3.8) is 0 Å². The summed E-state index contributed by atoms with van der Waals surface area (Å²) in [5.41, 5.74) is 3.08. The van der Waals surface area contributed by atoms with Gasteiger partial charge in [-0.15, -0.1) is 0 Å². The van der Waals surface area contributed by atoms with Gasteiger partial charge < -0.3 is 10.1 Å². The van der Waals surface area contributed by atoms with Gasteiger partial charge in [0.15, 0.2) is 6.61 Å². The van der Waals surface area contributed by atoms with Crippen LogP contribution in [0, 0.1) is 13.8 Å². The number of rotatable bonds is 6. The number of para-hydroxylation sites is 1. The predicted molar refractivity (Wildman–Crippen MR) is 106 cm³/mol. The molecule has 3 rings (SSSR count). The highest BCUT2D eigenvalue weighted by Crippen LogP contribution is 2.11. The molecule has 0 saturated carbocycles. The zero-order chi connectivity index (χ0) is 20.1. The molecular weight excluding hydrogens is 358 g/mol. The van der Waals surface area contributed by atoms with Crippen molar-refractivity contribution >= 4 is 28.5 Å². The van der Waals surface area contributed by atoms with Gasteiger partial charge in [-0.2, -0.15) is 0 Å². The van der Waals surface area contributed by atoms with E-state index in [-0.39, 0.29) is 25.1 Å². The van der Waals surface area contributed by atoms with Gasteiger partial charge in [-0.05, 0) is 37.6 Å². The quantitative estimate of drug-likeness (QED) is 0.665. The van der Waals surface area contributed by atoms with E-state index < -0.39 is 11.9 Å². The van der Waals surface area contributed by atoms with Gasteiger partial charge in [0.25, 0.3) is 11.5 Å². The largest absolute Gasteiger partial charge is 0.456 e. The molecule has 144 valence electrons. The van der Waals surface area contributed by atoms with Crippen molar-refractivity contribution in [2.45, 2.75) is 26.8 Å². The number of hydrogen-bond acceptors (Lipinski definition) is 5. The van der Waals surface area contributed by atoms with Crippen molar-refractivity contribution < 1.29 is 14.3 Å². The Morgan fingerprint density at radius 1 is 1.11 bits per heavy atom. The molecule has 1 amide bonds. The summed E-state index contributed by atoms with van der Waals surface area (Å²) in [5.74, 6) is -0.979. The number of nitrogens with zero attached hydrogens (tertiary/aromatic N) is 2. The predicted octanol–water partition coefficient (Wildman–Crippen LogP) is 2.59. The maximum absolute atomic E-state index is 12.5. The van der Waals surface area contributed by atoms with Gasteiger partial charge in [0.2, 0.25) is 0 Å². The minimum Gasteiger partial charge on any atom is -0.456 e. The van der Waals surface area contributed by atoms with Crippen LogP contribution in [0.4, 0.5) is 5.69 Å². The zero-order valence-electron chi connectivity index (χ0n) is 15.8. The summed E-state index contributed by atoms with van der Waals surface area (Å²) in [7, 11) is 0. The highest BCUT2D eigenvalue weighted by Gasteiger charge is 2.10. The second kappa shape index (κ2) is 8.47. The van der Waals surface area contributed by atoms with Crippen LogP contribution in [-0.4, -0.2) is 28.0 Å². The van der Waals surface area contributed by atoms with Crippen molar-refractivity contribution in [2.24, 2.45) is 0 Å². The Bertz CT molecular complexity index is 1070. The monoisotopic (exact) mass is 379 g/mol. The molecule has 0 atom stereocenters. The van der Waals surface area contributed by atoms with Crippen LogP contribution in [0.3, 0.4) is 0 Å². The molecule has 7 heteroatoms. The molecule has 0 fully saturated rings. The Morgan fingerprint density at radius 2 is 1.86 bits per heavy atom. The number of fused-ring (bicyclic) bond motifs is 1. The van der Waals surface area contributed by atoms with Crippen LogP contribution in [0.5, 0.6) is 0 Å². The lowest BCUT2D eigenvalue weighted by molar-refractivity contribution is -0.147. The maximum Gasteiger partial charge on any atom is 0.308 e. The normalized spacial score (nSPS) is 10.6. The van der Waals surface area contributed by atoms with E-state index in [4.69, 9.17) is 4.74 Å². The van der Waals surface area contributed by atoms with Crippen molar-refractivity contribution in [3.05, 3.63) is 70.3 Å². The molecule has 0 aliphatic heterocycles. The Kier molecular flexibility index (Phi) is 5.84. The minimum atomic E-state index is -0.560. The Balaban J connectivity index is 1.52. The summed E-state index contributed by atoms with van der Waals surface area (Å²) < 4.78 is 6.35. The lowest BCUT2D eigenvalue weighted by atomic mass is 10.1. The molecule has 0 saturated heterocycles. The second-order valence-electron chi connectivity index (χ2n) is 6.54. The van der Waals surface area contributed by atoms with Crippen molar-refractivity contribution in [1.29, 1.82) is 0 Å². The third-order valence-electron chi connectivity index (χ3n) is 4.31. The molecule has 0 spiro atoms. The summed E-state index contributed by atoms with van der Waals surface area (Å²) in [6, 6.07) is 12.7. The number of carbonyl (C=O) groups is 2. The molecule has 0 radical (unpaired) electrons. The summed E-state index contributed by atoms with van der Waals surface area (Å²) in [5, 5.41) is 3.16. The number of carbonyl (C=O) groups excluding carboxylic acids is 2. The number of anilines is 1. The van der Waals surface area contributed by atoms with Crippen LogP contribution in [0.1, 0.15) is 17.5 Å². The maximum atomic E-state index is 12.5. The second-order valence-corrected chi connectivity index (χ2v) is 6.54. The average Bonchev–Trinajstić information content (AvgIpc) is 2.68. The first kappa shape index (κ1) is 19.3. The third-order valence-corrected chi connectivity index (χ3v) is 4.31. The van der Waals surface area contributed by atoms with Crippen molar-refractivity contribution in [3.8, 4) is 0 Å². The van der Waals surface area contributed by atoms with Crippen molar-refractivity contribution in [1.82, 2.24) is 9.55 Å². The molecule has 1 heterocycles. The van der Waals surface area contributed by atoms with Crippen LogP contribution in [0.2, 0.25) is 0 Å². The molecule has 7 nitrogen and oxygen atoms in total. The number of nitrogens with one attached hydrogen (secondary N) is 1. The fourth-order valence-corrected chi connectivity index (χ4v) is 2.76. The molecular formula is C21H21N3O4. The van der Waals surface area contributed by atoms with Crippen LogP contribution >= 0.6 is 0 Å². The van der Waals surface area contributed by atoms with Gasteiger partial charge in [-0.25, -0.2) is 4.98 Å². The zero-order valence-corrected chi connectivity index (χ0v) is 15.8. The van der Waals surface area contributed by atoms with E-state index in [9.17, 15) is 14.4 Å². The van der Waals surface area contributed by atoms with E-state index in [0.717, 1.165) is 11.1 Å². The molecule has 1 aromatic heterocycles. The first-order valence-corrected chi connectivity index (χ1v) is 8.91. The summed E-state index contributed by atoms with van der Waals surface area (Å²) >= 11 is 0. The van der Waals surface area contributed by atoms with Gasteiger partial charge in [-0.3, -0.25) is 19.0 Å². The fraction of sp³-hybridized carbons (Fsp3) is 0.238. The lowest BCUT2D eigenvalue weighted by Gasteiger charge is -2.09. The summed E-state index contributed by atoms with van der Waals surface area (Å²) in [4.78, 5) is 40.6. The number of aromatic nitrogens is 2. The van der Waals surface area contributed by atoms with E-state index in [1.54, 1.807) is 24.3 Å². The molecule has 28 heavy (non-hydrogen) atoms. The van der Waals surface area contributed by atoms with Gasteiger partial charge in [0.05, 0.1) is 23.7 Å². The Hall–Kier alpha value is -3.48. The molecule has 0 aliphatic rings. The minimum absolute atomic E-state index is 0.0310. The highest BCUT2D eigenvalue weighted by molar-refractivity contribution is 5.92. The lowest BCUT2D eigenvalue weighted by Crippen LogP contribution is -2.24. The summed E-state index contributed by atoms with van der Waals surface area (Å²) in [6.07, 6.45) is 1.39. The molecule has 1 N–H and O–H groups in total. The van der Waals surface area contributed by atoms with E-state index in [1.807, 2.05) is 32.0 Å². The highest BCUT2D eigenvalue weighted by atomic mass is 16.5. The first-order chi connectivity index (χ1) is 13.4. The van der Waals surface area contributed by atoms with Gasteiger partial charge >= 0.3 is 5.97 Å². The van der Waals surface area contributed by atoms with Crippen LogP contribution in [0.15, 0.2) is 53.6 Å². The topological polar surface area (TPSA) is 90.3 Å². The Labute approximate surface area is 162 Å². The number of amides is 1. The first-order valence-electron chi connectivity index (χ1n) is 8.91. The standard InChI is InChI=1S/C21H21N3O4/c1-14-6-8-16(9-7-14)23-18(25)12-28-19(26)10-11-24-13-22-20-15(2)4-3-5-17(20)21(24)27/h3-9,13H,10-12H2,1-2H3,(H,23,25). The molecule has 2 aromatic carbocycles. The average molecular weight is 379 g/mol. The number of aryl methyl sites for hydroxylation is 3. The van der Waals surface area contributed by atoms with Gasteiger partial charge in [0.1, 0.15) is 0 Å². The third kappa shape index (κ3) is 4.62. The van der Waals surface area contributed by atoms with Crippen LogP contribution in [-0.2, 0) is 20.9 Å². The molecule has 0 bridgehead atoms. The summed E-state index contributed by atoms with van der Waals surface area (Å²) in [6.45, 7) is 3.59. The van der Waals surface area contributed by atoms with E-state index in [1.165, 1.54) is 10.9 Å². The van der Waals surface area contributed by atoms with Crippen LogP contribution in [0.25, 0.3) is 10.9 Å². The van der Waals surface area contributed by atoms with E-state index in [0.29, 0.717) is 16.6 Å². The van der Waals surface area contributed by atoms with Gasteiger partial charge in [-0.1, -0.05) is 29.8 Å². The number of esters is 1. The van der Waals surface area contributed by atoms with E-state index in [2.05, 4.69) is 10.3 Å². The number of benzene rings is 2. The van der Waals surface area contributed by atoms with Crippen LogP contribution < -0.4 is 10.9 Å². The SMILES string of the molecule is Cc1ccc(NC(=O)COC(=O)CCn2cnc3c(C)cccc3c2=O)cc1. The number of hydrogen-bond donors (Lipinski definition) is 1. The smallest absolute Gasteiger partial charge is 0.308 e. The van der Waals surface area contributed by atoms with Gasteiger partial charge in [0, 0.05) is 12.2 Å². The fourth-order valence-electron chi connectivity index (χ4n) is 2.76. The molecule has 3 aromatic rings. The Morgan fingerprint density at radius 3 is 2.61 bits per heavy atom. The van der Waals surface area contributed by atoms with E-state index >= 15 is 0 Å². The number of ether oxygens (including phenoxy) is 1. The molecule has 0 unspecified atom stereocenters.